The fourth-order valence-electron chi connectivity index (χ4n) is 3.10. The second-order valence-electron chi connectivity index (χ2n) is 6.30. The molecule has 2 aliphatic heterocycles. The normalized spacial score (nSPS) is 28.4. The molecule has 2 fully saturated rings. The zero-order valence-electron chi connectivity index (χ0n) is 12.6. The molecule has 0 radical (unpaired) electrons. The van der Waals surface area contributed by atoms with Crippen molar-refractivity contribution in [1.82, 2.24) is 9.80 Å². The van der Waals surface area contributed by atoms with E-state index in [0.717, 1.165) is 0 Å². The van der Waals surface area contributed by atoms with Crippen molar-refractivity contribution in [3.8, 4) is 0 Å². The van der Waals surface area contributed by atoms with Gasteiger partial charge in [-0.3, -0.25) is 4.79 Å². The van der Waals surface area contributed by atoms with Crippen LogP contribution in [0.1, 0.15) is 19.8 Å². The summed E-state index contributed by atoms with van der Waals surface area (Å²) in [6, 6.07) is -0.217. The highest BCUT2D eigenvalue weighted by Crippen LogP contribution is 2.26. The molecule has 0 aromatic heterocycles. The molecule has 0 bridgehead atoms. The minimum Gasteiger partial charge on any atom is -0.481 e. The van der Waals surface area contributed by atoms with Gasteiger partial charge in [0.2, 0.25) is 0 Å². The molecular weight excluding hydrogens is 276 g/mol. The van der Waals surface area contributed by atoms with Gasteiger partial charge < -0.3 is 24.7 Å². The van der Waals surface area contributed by atoms with Gasteiger partial charge in [-0.25, -0.2) is 4.79 Å². The van der Waals surface area contributed by atoms with Crippen LogP contribution < -0.4 is 0 Å². The molecule has 0 saturated carbocycles. The number of nitrogens with zero attached hydrogens (tertiary/aromatic N) is 2. The number of rotatable bonds is 3. The molecule has 2 rings (SSSR count). The van der Waals surface area contributed by atoms with Crippen LogP contribution in [0.25, 0.3) is 0 Å². The number of aliphatic hydroxyl groups is 1. The van der Waals surface area contributed by atoms with E-state index in [0.29, 0.717) is 32.6 Å². The maximum absolute atomic E-state index is 12.4. The lowest BCUT2D eigenvalue weighted by Gasteiger charge is -2.36. The van der Waals surface area contributed by atoms with Crippen LogP contribution in [0.15, 0.2) is 0 Å². The predicted octanol–water partition coefficient (Wildman–Crippen LogP) is 0.232. The lowest BCUT2D eigenvalue weighted by atomic mass is 9.94. The van der Waals surface area contributed by atoms with Crippen molar-refractivity contribution in [3.05, 3.63) is 0 Å². The van der Waals surface area contributed by atoms with Crippen LogP contribution in [0.4, 0.5) is 4.79 Å². The number of carbonyl (C=O) groups excluding carboxylic acids is 1. The van der Waals surface area contributed by atoms with E-state index in [1.54, 1.807) is 11.9 Å². The smallest absolute Gasteiger partial charge is 0.319 e. The van der Waals surface area contributed by atoms with Crippen LogP contribution in [-0.2, 0) is 9.53 Å². The highest BCUT2D eigenvalue weighted by molar-refractivity contribution is 5.77. The number of carboxylic acids is 1. The molecule has 0 aliphatic carbocycles. The topological polar surface area (TPSA) is 90.3 Å². The Bertz CT molecular complexity index is 408. The molecular formula is C14H24N2O5. The number of hydrogen-bond acceptors (Lipinski definition) is 4. The van der Waals surface area contributed by atoms with Crippen LogP contribution in [0, 0.1) is 11.8 Å². The zero-order valence-corrected chi connectivity index (χ0v) is 12.6. The highest BCUT2D eigenvalue weighted by atomic mass is 16.5. The van der Waals surface area contributed by atoms with Crippen molar-refractivity contribution in [2.24, 2.45) is 11.8 Å². The lowest BCUT2D eigenvalue weighted by Crippen LogP contribution is -2.50. The summed E-state index contributed by atoms with van der Waals surface area (Å²) < 4.78 is 5.22. The van der Waals surface area contributed by atoms with Gasteiger partial charge in [0.15, 0.2) is 0 Å². The molecule has 7 heteroatoms. The van der Waals surface area contributed by atoms with Crippen molar-refractivity contribution in [2.75, 3.05) is 39.9 Å². The number of amides is 2. The molecule has 21 heavy (non-hydrogen) atoms. The standard InChI is InChI=1S/C14H24N2O5/c1-10-7-16(8-11(10)12(17)18)13(19)15(2)9-14(20)3-5-21-6-4-14/h10-11,20H,3-9H2,1-2H3,(H,17,18)/t10-,11-/m1/s1. The summed E-state index contributed by atoms with van der Waals surface area (Å²) in [4.78, 5) is 26.6. The molecule has 0 aromatic rings. The van der Waals surface area contributed by atoms with Gasteiger partial charge in [0, 0.05) is 46.2 Å². The largest absolute Gasteiger partial charge is 0.481 e. The van der Waals surface area contributed by atoms with Gasteiger partial charge in [-0.1, -0.05) is 6.92 Å². The van der Waals surface area contributed by atoms with E-state index < -0.39 is 17.5 Å². The van der Waals surface area contributed by atoms with E-state index in [-0.39, 0.29) is 25.0 Å². The molecule has 0 unspecified atom stereocenters. The first-order chi connectivity index (χ1) is 9.82. The molecule has 0 aromatic carbocycles. The van der Waals surface area contributed by atoms with Crippen LogP contribution in [0.2, 0.25) is 0 Å². The van der Waals surface area contributed by atoms with Crippen LogP contribution in [0.5, 0.6) is 0 Å². The van der Waals surface area contributed by atoms with E-state index in [9.17, 15) is 14.7 Å². The first-order valence-electron chi connectivity index (χ1n) is 7.35. The van der Waals surface area contributed by atoms with Crippen LogP contribution in [0.3, 0.4) is 0 Å². The number of likely N-dealkylation sites (N-methyl/N-ethyl adjacent to an activating group) is 1. The van der Waals surface area contributed by atoms with E-state index in [2.05, 4.69) is 0 Å². The molecule has 2 aliphatic rings. The molecule has 2 amide bonds. The number of hydrogen-bond donors (Lipinski definition) is 2. The van der Waals surface area contributed by atoms with Gasteiger partial charge in [0.25, 0.3) is 0 Å². The molecule has 2 saturated heterocycles. The van der Waals surface area contributed by atoms with Crippen molar-refractivity contribution in [1.29, 1.82) is 0 Å². The third-order valence-corrected chi connectivity index (χ3v) is 4.48. The Hall–Kier alpha value is -1.34. The summed E-state index contributed by atoms with van der Waals surface area (Å²) in [5.74, 6) is -1.41. The first kappa shape index (κ1) is 16.0. The summed E-state index contributed by atoms with van der Waals surface area (Å²) in [5, 5.41) is 19.6. The average molecular weight is 300 g/mol. The Kier molecular flexibility index (Phi) is 4.73. The number of carbonyl (C=O) groups is 2. The number of carboxylic acid groups (broad SMARTS) is 1. The Morgan fingerprint density at radius 1 is 1.33 bits per heavy atom. The summed E-state index contributed by atoms with van der Waals surface area (Å²) in [6.07, 6.45) is 1.03. The fourth-order valence-corrected chi connectivity index (χ4v) is 3.10. The average Bonchev–Trinajstić information content (AvgIpc) is 2.80. The third kappa shape index (κ3) is 3.65. The zero-order chi connectivity index (χ0) is 15.6. The molecule has 7 nitrogen and oxygen atoms in total. The Morgan fingerprint density at radius 2 is 1.95 bits per heavy atom. The highest BCUT2D eigenvalue weighted by Gasteiger charge is 2.39. The molecule has 120 valence electrons. The summed E-state index contributed by atoms with van der Waals surface area (Å²) in [6.45, 7) is 3.78. The lowest BCUT2D eigenvalue weighted by molar-refractivity contribution is -0.142. The van der Waals surface area contributed by atoms with Gasteiger partial charge in [-0.15, -0.1) is 0 Å². The van der Waals surface area contributed by atoms with Crippen molar-refractivity contribution < 1.29 is 24.5 Å². The minimum atomic E-state index is -0.903. The molecule has 0 spiro atoms. The van der Waals surface area contributed by atoms with Crippen LogP contribution in [-0.4, -0.2) is 77.5 Å². The summed E-state index contributed by atoms with van der Waals surface area (Å²) >= 11 is 0. The summed E-state index contributed by atoms with van der Waals surface area (Å²) in [7, 11) is 1.65. The third-order valence-electron chi connectivity index (χ3n) is 4.48. The van der Waals surface area contributed by atoms with Crippen molar-refractivity contribution >= 4 is 12.0 Å². The number of aliphatic carboxylic acids is 1. The second-order valence-corrected chi connectivity index (χ2v) is 6.30. The number of urea groups is 1. The second kappa shape index (κ2) is 6.19. The van der Waals surface area contributed by atoms with Gasteiger partial charge in [0.05, 0.1) is 18.1 Å². The maximum Gasteiger partial charge on any atom is 0.319 e. The monoisotopic (exact) mass is 300 g/mol. The maximum atomic E-state index is 12.4. The van der Waals surface area contributed by atoms with Gasteiger partial charge in [0.1, 0.15) is 0 Å². The Labute approximate surface area is 124 Å². The number of likely N-dealkylation sites (tertiary alicyclic amines) is 1. The van der Waals surface area contributed by atoms with Gasteiger partial charge >= 0.3 is 12.0 Å². The van der Waals surface area contributed by atoms with Crippen molar-refractivity contribution in [2.45, 2.75) is 25.4 Å². The SMILES string of the molecule is C[C@@H]1CN(C(=O)N(C)CC2(O)CCOCC2)C[C@H]1C(=O)O. The molecule has 2 atom stereocenters. The Morgan fingerprint density at radius 3 is 2.48 bits per heavy atom. The van der Waals surface area contributed by atoms with E-state index in [4.69, 9.17) is 9.84 Å². The Balaban J connectivity index is 1.92. The van der Waals surface area contributed by atoms with Gasteiger partial charge in [-0.05, 0) is 5.92 Å². The molecule has 2 N–H and O–H groups in total. The molecule has 2 heterocycles. The fraction of sp³-hybridized carbons (Fsp3) is 0.857. The minimum absolute atomic E-state index is 0.0500. The quantitative estimate of drug-likeness (QED) is 0.779. The van der Waals surface area contributed by atoms with Crippen molar-refractivity contribution in [3.63, 3.8) is 0 Å². The van der Waals surface area contributed by atoms with E-state index >= 15 is 0 Å². The number of ether oxygens (including phenoxy) is 1. The first-order valence-corrected chi connectivity index (χ1v) is 7.35. The van der Waals surface area contributed by atoms with E-state index in [1.807, 2.05) is 6.92 Å². The summed E-state index contributed by atoms with van der Waals surface area (Å²) in [5.41, 5.74) is -0.903. The predicted molar refractivity (Wildman–Crippen MR) is 74.9 cm³/mol. The van der Waals surface area contributed by atoms with Gasteiger partial charge in [-0.2, -0.15) is 0 Å². The van der Waals surface area contributed by atoms with Crippen LogP contribution >= 0.6 is 0 Å². The van der Waals surface area contributed by atoms with E-state index in [1.165, 1.54) is 4.90 Å².